The maximum Gasteiger partial charge on any atom is 0.328 e. The van der Waals surface area contributed by atoms with Crippen LogP contribution >= 0.6 is 0 Å². The molecule has 1 aliphatic heterocycles. The number of amides is 5. The maximum absolute atomic E-state index is 12.3. The number of urea groups is 1. The van der Waals surface area contributed by atoms with Crippen LogP contribution in [0.3, 0.4) is 0 Å². The van der Waals surface area contributed by atoms with Crippen molar-refractivity contribution in [1.29, 1.82) is 0 Å². The predicted octanol–water partition coefficient (Wildman–Crippen LogP) is -1.36. The Morgan fingerprint density at radius 3 is 1.96 bits per heavy atom. The Hall–Kier alpha value is -2.78. The highest BCUT2D eigenvalue weighted by molar-refractivity contribution is 6.16. The quantitative estimate of drug-likeness (QED) is 0.449. The molecule has 0 saturated carbocycles. The molecular formula is C16H19N3O6. The van der Waals surface area contributed by atoms with Crippen LogP contribution in [0.5, 0.6) is 0 Å². The van der Waals surface area contributed by atoms with Crippen molar-refractivity contribution in [3.8, 4) is 0 Å². The fraction of sp³-hybridized carbons (Fsp3) is 0.375. The fourth-order valence-corrected chi connectivity index (χ4v) is 2.49. The number of aliphatic hydroxyl groups excluding tert-OH is 2. The van der Waals surface area contributed by atoms with Gasteiger partial charge in [-0.15, -0.1) is 0 Å². The number of barbiturate groups is 1. The first-order valence-corrected chi connectivity index (χ1v) is 7.72. The van der Waals surface area contributed by atoms with Crippen LogP contribution in [0.1, 0.15) is 15.9 Å². The number of hydrogen-bond donors (Lipinski definition) is 4. The van der Waals surface area contributed by atoms with Crippen molar-refractivity contribution >= 4 is 23.8 Å². The molecule has 0 unspecified atom stereocenters. The molecule has 1 aromatic carbocycles. The number of nitrogens with one attached hydrogen (secondary N) is 2. The van der Waals surface area contributed by atoms with E-state index in [0.717, 1.165) is 0 Å². The van der Waals surface area contributed by atoms with Crippen LogP contribution < -0.4 is 10.6 Å². The van der Waals surface area contributed by atoms with Gasteiger partial charge in [0.25, 0.3) is 5.91 Å². The summed E-state index contributed by atoms with van der Waals surface area (Å²) in [5, 5.41) is 22.0. The van der Waals surface area contributed by atoms with Gasteiger partial charge in [-0.3, -0.25) is 25.0 Å². The third-order valence-corrected chi connectivity index (χ3v) is 3.77. The second kappa shape index (κ2) is 8.36. The van der Waals surface area contributed by atoms with Crippen molar-refractivity contribution in [3.05, 3.63) is 35.4 Å². The van der Waals surface area contributed by atoms with Crippen molar-refractivity contribution < 1.29 is 29.4 Å². The summed E-state index contributed by atoms with van der Waals surface area (Å²) in [5.41, 5.74) is 1.01. The zero-order chi connectivity index (χ0) is 18.4. The van der Waals surface area contributed by atoms with Crippen molar-refractivity contribution in [2.24, 2.45) is 5.92 Å². The fourth-order valence-electron chi connectivity index (χ4n) is 2.49. The molecule has 0 spiro atoms. The first kappa shape index (κ1) is 18.6. The maximum atomic E-state index is 12.3. The van der Waals surface area contributed by atoms with Gasteiger partial charge in [0.05, 0.1) is 13.2 Å². The Labute approximate surface area is 143 Å². The van der Waals surface area contributed by atoms with Crippen LogP contribution in [0.15, 0.2) is 24.3 Å². The van der Waals surface area contributed by atoms with Crippen LogP contribution in [0, 0.1) is 5.92 Å². The molecule has 0 bridgehead atoms. The zero-order valence-corrected chi connectivity index (χ0v) is 13.4. The molecule has 0 aliphatic carbocycles. The summed E-state index contributed by atoms with van der Waals surface area (Å²) >= 11 is 0. The van der Waals surface area contributed by atoms with Crippen molar-refractivity contribution in [1.82, 2.24) is 15.5 Å². The molecule has 5 amide bonds. The Morgan fingerprint density at radius 1 is 0.960 bits per heavy atom. The average molecular weight is 349 g/mol. The number of benzene rings is 1. The number of imide groups is 2. The first-order valence-electron chi connectivity index (χ1n) is 7.72. The van der Waals surface area contributed by atoms with Gasteiger partial charge in [0.2, 0.25) is 11.8 Å². The van der Waals surface area contributed by atoms with Crippen molar-refractivity contribution in [2.45, 2.75) is 6.42 Å². The van der Waals surface area contributed by atoms with Crippen LogP contribution in [-0.4, -0.2) is 65.2 Å². The summed E-state index contributed by atoms with van der Waals surface area (Å²) in [6.45, 7) is -0.210. The van der Waals surface area contributed by atoms with E-state index in [1.165, 1.54) is 4.90 Å². The lowest BCUT2D eigenvalue weighted by Crippen LogP contribution is -2.56. The monoisotopic (exact) mass is 349 g/mol. The summed E-state index contributed by atoms with van der Waals surface area (Å²) in [6, 6.07) is 5.48. The molecule has 1 heterocycles. The van der Waals surface area contributed by atoms with Crippen LogP contribution in [-0.2, 0) is 16.0 Å². The molecule has 25 heavy (non-hydrogen) atoms. The highest BCUT2D eigenvalue weighted by atomic mass is 16.3. The molecular weight excluding hydrogens is 330 g/mol. The molecule has 1 fully saturated rings. The molecule has 0 radical (unpaired) electrons. The smallest absolute Gasteiger partial charge is 0.328 e. The minimum atomic E-state index is -1.01. The largest absolute Gasteiger partial charge is 0.395 e. The van der Waals surface area contributed by atoms with Gasteiger partial charge in [-0.05, 0) is 24.1 Å². The van der Waals surface area contributed by atoms with E-state index in [2.05, 4.69) is 0 Å². The molecule has 9 heteroatoms. The number of carbonyl (C=O) groups excluding carboxylic acids is 4. The molecule has 0 atom stereocenters. The van der Waals surface area contributed by atoms with Gasteiger partial charge in [0.1, 0.15) is 5.92 Å². The van der Waals surface area contributed by atoms with E-state index in [4.69, 9.17) is 10.2 Å². The van der Waals surface area contributed by atoms with E-state index in [1.54, 1.807) is 24.3 Å². The van der Waals surface area contributed by atoms with Gasteiger partial charge in [-0.25, -0.2) is 4.79 Å². The lowest BCUT2D eigenvalue weighted by atomic mass is 9.95. The number of aliphatic hydroxyl groups is 2. The Morgan fingerprint density at radius 2 is 1.48 bits per heavy atom. The molecule has 9 nitrogen and oxygen atoms in total. The highest BCUT2D eigenvalue weighted by Gasteiger charge is 2.34. The molecule has 134 valence electrons. The Kier molecular flexibility index (Phi) is 6.20. The highest BCUT2D eigenvalue weighted by Crippen LogP contribution is 2.14. The van der Waals surface area contributed by atoms with Crippen molar-refractivity contribution in [2.75, 3.05) is 26.3 Å². The molecule has 4 N–H and O–H groups in total. The number of hydrogen-bond acceptors (Lipinski definition) is 6. The first-order chi connectivity index (χ1) is 12.0. The van der Waals surface area contributed by atoms with Gasteiger partial charge in [-0.2, -0.15) is 0 Å². The summed E-state index contributed by atoms with van der Waals surface area (Å²) in [4.78, 5) is 48.1. The van der Waals surface area contributed by atoms with Gasteiger partial charge >= 0.3 is 6.03 Å². The van der Waals surface area contributed by atoms with E-state index >= 15 is 0 Å². The molecule has 1 aromatic rings. The lowest BCUT2D eigenvalue weighted by molar-refractivity contribution is -0.135. The molecule has 1 aliphatic rings. The normalized spacial score (nSPS) is 14.9. The average Bonchev–Trinajstić information content (AvgIpc) is 2.58. The van der Waals surface area contributed by atoms with Gasteiger partial charge in [0, 0.05) is 18.7 Å². The van der Waals surface area contributed by atoms with E-state index in [1.807, 2.05) is 10.6 Å². The van der Waals surface area contributed by atoms with Crippen LogP contribution in [0.2, 0.25) is 0 Å². The van der Waals surface area contributed by atoms with E-state index < -0.39 is 23.8 Å². The van der Waals surface area contributed by atoms with Crippen LogP contribution in [0.4, 0.5) is 4.79 Å². The summed E-state index contributed by atoms with van der Waals surface area (Å²) in [5.74, 6) is -2.68. The second-order valence-corrected chi connectivity index (χ2v) is 5.50. The predicted molar refractivity (Wildman–Crippen MR) is 85.4 cm³/mol. The third-order valence-electron chi connectivity index (χ3n) is 3.77. The summed E-state index contributed by atoms with van der Waals surface area (Å²) in [6.07, 6.45) is 0.0937. The van der Waals surface area contributed by atoms with E-state index in [-0.39, 0.29) is 38.6 Å². The minimum Gasteiger partial charge on any atom is -0.395 e. The minimum absolute atomic E-state index is 0.0937. The number of nitrogens with zero attached hydrogens (tertiary/aromatic N) is 1. The number of carbonyl (C=O) groups is 4. The zero-order valence-electron chi connectivity index (χ0n) is 13.4. The summed E-state index contributed by atoms with van der Waals surface area (Å²) in [7, 11) is 0. The second-order valence-electron chi connectivity index (χ2n) is 5.50. The van der Waals surface area contributed by atoms with Crippen molar-refractivity contribution in [3.63, 3.8) is 0 Å². The van der Waals surface area contributed by atoms with Gasteiger partial charge in [-0.1, -0.05) is 12.1 Å². The van der Waals surface area contributed by atoms with Gasteiger partial charge < -0.3 is 15.1 Å². The van der Waals surface area contributed by atoms with E-state index in [0.29, 0.717) is 11.1 Å². The van der Waals surface area contributed by atoms with Crippen LogP contribution in [0.25, 0.3) is 0 Å². The molecule has 1 saturated heterocycles. The standard InChI is InChI=1S/C16H19N3O6/c20-7-5-19(6-8-21)15(24)11-3-1-10(2-4-11)9-12-13(22)17-16(25)18-14(12)23/h1-4,12,20-21H,5-9H2,(H2,17,18,22,23,25). The summed E-state index contributed by atoms with van der Waals surface area (Å²) < 4.78 is 0. The van der Waals surface area contributed by atoms with E-state index in [9.17, 15) is 19.2 Å². The third kappa shape index (κ3) is 4.61. The lowest BCUT2D eigenvalue weighted by Gasteiger charge is -2.21. The topological polar surface area (TPSA) is 136 Å². The SMILES string of the molecule is O=C1NC(=O)C(Cc2ccc(C(=O)N(CCO)CCO)cc2)C(=O)N1. The number of rotatable bonds is 7. The Balaban J connectivity index is 2.06. The van der Waals surface area contributed by atoms with Gasteiger partial charge in [0.15, 0.2) is 0 Å². The Bertz CT molecular complexity index is 647. The molecule has 0 aromatic heterocycles. The molecule has 2 rings (SSSR count).